The number of rotatable bonds is 6. The zero-order valence-electron chi connectivity index (χ0n) is 21.7. The molecule has 0 bridgehead atoms. The molecule has 2 N–H and O–H groups in total. The maximum absolute atomic E-state index is 10.5. The fourth-order valence-electron chi connectivity index (χ4n) is 5.79. The Labute approximate surface area is 209 Å². The molecule has 0 saturated carbocycles. The second kappa shape index (κ2) is 9.62. The van der Waals surface area contributed by atoms with Gasteiger partial charge in [-0.15, -0.1) is 0 Å². The van der Waals surface area contributed by atoms with Crippen molar-refractivity contribution in [3.8, 4) is 33.8 Å². The Morgan fingerprint density at radius 3 is 1.17 bits per heavy atom. The van der Waals surface area contributed by atoms with Crippen molar-refractivity contribution >= 4 is 0 Å². The fourth-order valence-corrected chi connectivity index (χ4v) is 5.79. The molecule has 0 heterocycles. The van der Waals surface area contributed by atoms with Crippen LogP contribution in [-0.4, -0.2) is 10.2 Å². The minimum Gasteiger partial charge on any atom is -0.508 e. The normalized spacial score (nSPS) is 11.6. The van der Waals surface area contributed by atoms with Crippen LogP contribution in [0.15, 0.2) is 72.8 Å². The zero-order chi connectivity index (χ0) is 25.3. The summed E-state index contributed by atoms with van der Waals surface area (Å²) in [5, 5.41) is 21.0. The van der Waals surface area contributed by atoms with Gasteiger partial charge in [-0.25, -0.2) is 0 Å². The Morgan fingerprint density at radius 1 is 0.514 bits per heavy atom. The average Bonchev–Trinajstić information content (AvgIpc) is 2.80. The summed E-state index contributed by atoms with van der Waals surface area (Å²) in [5.74, 6) is 0.536. The van der Waals surface area contributed by atoms with Crippen molar-refractivity contribution in [2.45, 2.75) is 59.8 Å². The van der Waals surface area contributed by atoms with Crippen LogP contribution in [-0.2, 0) is 5.41 Å². The molecule has 0 spiro atoms. The van der Waals surface area contributed by atoms with E-state index >= 15 is 0 Å². The van der Waals surface area contributed by atoms with Gasteiger partial charge in [-0.1, -0.05) is 84.6 Å². The van der Waals surface area contributed by atoms with Crippen molar-refractivity contribution in [3.63, 3.8) is 0 Å². The van der Waals surface area contributed by atoms with E-state index in [1.54, 1.807) is 12.1 Å². The molecular weight excluding hydrogens is 428 g/mol. The lowest BCUT2D eigenvalue weighted by atomic mass is 9.66. The van der Waals surface area contributed by atoms with Gasteiger partial charge < -0.3 is 10.2 Å². The van der Waals surface area contributed by atoms with E-state index in [0.717, 1.165) is 35.1 Å². The van der Waals surface area contributed by atoms with Gasteiger partial charge in [-0.05, 0) is 98.2 Å². The van der Waals surface area contributed by atoms with Crippen molar-refractivity contribution in [1.82, 2.24) is 0 Å². The zero-order valence-corrected chi connectivity index (χ0v) is 21.7. The summed E-state index contributed by atoms with van der Waals surface area (Å²) in [6.45, 7) is 12.9. The predicted octanol–water partition coefficient (Wildman–Crippen LogP) is 8.77. The van der Waals surface area contributed by atoms with Gasteiger partial charge in [-0.2, -0.15) is 0 Å². The first kappa shape index (κ1) is 24.6. The first-order valence-electron chi connectivity index (χ1n) is 12.5. The number of phenolic OH excluding ortho intramolecular Hbond substituents is 2. The third-order valence-electron chi connectivity index (χ3n) is 7.31. The Morgan fingerprint density at radius 2 is 0.857 bits per heavy atom. The molecule has 180 valence electrons. The number of phenols is 2. The molecule has 0 aromatic heterocycles. The summed E-state index contributed by atoms with van der Waals surface area (Å²) in [5.41, 5.74) is 11.2. The summed E-state index contributed by atoms with van der Waals surface area (Å²) in [4.78, 5) is 0. The van der Waals surface area contributed by atoms with Gasteiger partial charge in [0.05, 0.1) is 0 Å². The van der Waals surface area contributed by atoms with E-state index in [2.05, 4.69) is 90.1 Å². The molecule has 4 aromatic rings. The molecule has 0 unspecified atom stereocenters. The van der Waals surface area contributed by atoms with Crippen LogP contribution in [0.4, 0.5) is 0 Å². The molecule has 4 rings (SSSR count). The fraction of sp³-hybridized carbons (Fsp3) is 0.273. The molecule has 0 aliphatic rings. The monoisotopic (exact) mass is 464 g/mol. The van der Waals surface area contributed by atoms with Crippen molar-refractivity contribution in [2.24, 2.45) is 0 Å². The smallest absolute Gasteiger partial charge is 0.116 e. The number of benzene rings is 4. The topological polar surface area (TPSA) is 40.5 Å². The van der Waals surface area contributed by atoms with E-state index < -0.39 is 0 Å². The van der Waals surface area contributed by atoms with Gasteiger partial charge in [0.25, 0.3) is 0 Å². The number of aromatic hydroxyl groups is 2. The van der Waals surface area contributed by atoms with Crippen LogP contribution in [0.5, 0.6) is 11.5 Å². The number of hydrogen-bond acceptors (Lipinski definition) is 2. The molecule has 0 saturated heterocycles. The third-order valence-corrected chi connectivity index (χ3v) is 7.31. The summed E-state index contributed by atoms with van der Waals surface area (Å²) < 4.78 is 0. The van der Waals surface area contributed by atoms with E-state index in [-0.39, 0.29) is 16.9 Å². The Bertz CT molecular complexity index is 1230. The van der Waals surface area contributed by atoms with Crippen LogP contribution in [0, 0.1) is 27.7 Å². The Kier molecular flexibility index (Phi) is 6.76. The summed E-state index contributed by atoms with van der Waals surface area (Å²) in [7, 11) is 0. The summed E-state index contributed by atoms with van der Waals surface area (Å²) >= 11 is 0. The minimum absolute atomic E-state index is 0.268. The van der Waals surface area contributed by atoms with Gasteiger partial charge in [0.1, 0.15) is 11.5 Å². The highest BCUT2D eigenvalue weighted by atomic mass is 16.3. The highest BCUT2D eigenvalue weighted by Crippen LogP contribution is 2.48. The van der Waals surface area contributed by atoms with Crippen molar-refractivity contribution in [1.29, 1.82) is 0 Å². The van der Waals surface area contributed by atoms with Crippen LogP contribution in [0.2, 0.25) is 0 Å². The molecule has 0 amide bonds. The van der Waals surface area contributed by atoms with E-state index in [1.807, 2.05) is 12.1 Å². The highest BCUT2D eigenvalue weighted by Gasteiger charge is 2.35. The first-order chi connectivity index (χ1) is 16.7. The molecule has 0 aliphatic heterocycles. The van der Waals surface area contributed by atoms with Crippen LogP contribution in [0.1, 0.15) is 60.1 Å². The second-order valence-corrected chi connectivity index (χ2v) is 10.0. The quantitative estimate of drug-likeness (QED) is 0.299. The number of hydrogen-bond donors (Lipinski definition) is 2. The molecule has 0 fully saturated rings. The molecule has 0 atom stereocenters. The van der Waals surface area contributed by atoms with E-state index in [9.17, 15) is 10.2 Å². The lowest BCUT2D eigenvalue weighted by molar-refractivity contribution is 0.463. The molecular formula is C33H36O2. The third kappa shape index (κ3) is 4.71. The molecule has 2 heteroatoms. The largest absolute Gasteiger partial charge is 0.508 e. The molecule has 2 nitrogen and oxygen atoms in total. The Hall–Kier alpha value is -3.52. The van der Waals surface area contributed by atoms with Crippen LogP contribution < -0.4 is 0 Å². The van der Waals surface area contributed by atoms with Crippen molar-refractivity contribution in [3.05, 3.63) is 106 Å². The number of aryl methyl sites for hydroxylation is 4. The molecule has 0 radical (unpaired) electrons. The van der Waals surface area contributed by atoms with E-state index in [4.69, 9.17) is 0 Å². The van der Waals surface area contributed by atoms with E-state index in [1.165, 1.54) is 33.4 Å². The standard InChI is InChI=1S/C33H36O2/c1-7-33(8-2,31-11-9-27(34)19-29(31)25-15-21(3)13-22(4)16-25)32-12-10-28(35)20-30(32)26-17-23(5)14-24(6)18-26/h9-20,34-35H,7-8H2,1-6H3. The predicted molar refractivity (Wildman–Crippen MR) is 147 cm³/mol. The van der Waals surface area contributed by atoms with Gasteiger partial charge in [0, 0.05) is 5.41 Å². The SMILES string of the molecule is CCC(CC)(c1ccc(O)cc1-c1cc(C)cc(C)c1)c1ccc(O)cc1-c1cc(C)cc(C)c1. The van der Waals surface area contributed by atoms with Gasteiger partial charge in [-0.3, -0.25) is 0 Å². The summed E-state index contributed by atoms with van der Waals surface area (Å²) in [6, 6.07) is 24.7. The summed E-state index contributed by atoms with van der Waals surface area (Å²) in [6.07, 6.45) is 1.77. The van der Waals surface area contributed by atoms with Crippen LogP contribution in [0.3, 0.4) is 0 Å². The van der Waals surface area contributed by atoms with Crippen molar-refractivity contribution in [2.75, 3.05) is 0 Å². The lowest BCUT2D eigenvalue weighted by Crippen LogP contribution is -2.28. The molecule has 0 aliphatic carbocycles. The van der Waals surface area contributed by atoms with Gasteiger partial charge in [0.2, 0.25) is 0 Å². The first-order valence-corrected chi connectivity index (χ1v) is 12.5. The van der Waals surface area contributed by atoms with Crippen LogP contribution in [0.25, 0.3) is 22.3 Å². The molecule has 4 aromatic carbocycles. The van der Waals surface area contributed by atoms with Gasteiger partial charge in [0.15, 0.2) is 0 Å². The maximum Gasteiger partial charge on any atom is 0.116 e. The van der Waals surface area contributed by atoms with E-state index in [0.29, 0.717) is 0 Å². The molecule has 35 heavy (non-hydrogen) atoms. The van der Waals surface area contributed by atoms with Crippen LogP contribution >= 0.6 is 0 Å². The van der Waals surface area contributed by atoms with Crippen molar-refractivity contribution < 1.29 is 10.2 Å². The highest BCUT2D eigenvalue weighted by molar-refractivity contribution is 5.77. The van der Waals surface area contributed by atoms with Gasteiger partial charge >= 0.3 is 0 Å². The lowest BCUT2D eigenvalue weighted by Gasteiger charge is -2.37. The maximum atomic E-state index is 10.5. The minimum atomic E-state index is -0.304. The second-order valence-electron chi connectivity index (χ2n) is 10.0. The Balaban J connectivity index is 2.05. The average molecular weight is 465 g/mol.